The average molecular weight is 289 g/mol. The zero-order chi connectivity index (χ0) is 14.3. The van der Waals surface area contributed by atoms with Crippen molar-refractivity contribution in [1.82, 2.24) is 4.31 Å². The summed E-state index contributed by atoms with van der Waals surface area (Å²) in [5.41, 5.74) is 3.04. The second-order valence-electron chi connectivity index (χ2n) is 3.79. The number of sulfonamides is 1. The zero-order valence-electron chi connectivity index (χ0n) is 10.7. The second-order valence-corrected chi connectivity index (χ2v) is 5.73. The zero-order valence-corrected chi connectivity index (χ0v) is 11.6. The summed E-state index contributed by atoms with van der Waals surface area (Å²) in [6.07, 6.45) is 0. The molecule has 4 N–H and O–H groups in total. The van der Waals surface area contributed by atoms with Crippen LogP contribution in [0.1, 0.15) is 0 Å². The summed E-state index contributed by atoms with van der Waals surface area (Å²) in [7, 11) is -2.14. The van der Waals surface area contributed by atoms with Gasteiger partial charge in [-0.25, -0.2) is 8.42 Å². The molecule has 19 heavy (non-hydrogen) atoms. The van der Waals surface area contributed by atoms with Gasteiger partial charge in [-0.05, 0) is 24.3 Å². The van der Waals surface area contributed by atoms with Crippen LogP contribution in [0.5, 0.6) is 0 Å². The van der Waals surface area contributed by atoms with Gasteiger partial charge in [0.15, 0.2) is 0 Å². The Labute approximate surface area is 113 Å². The Morgan fingerprint density at radius 2 is 1.95 bits per heavy atom. The van der Waals surface area contributed by atoms with E-state index in [9.17, 15) is 8.42 Å². The Hall–Kier alpha value is -1.19. The van der Waals surface area contributed by atoms with E-state index < -0.39 is 10.0 Å². The average Bonchev–Trinajstić information content (AvgIpc) is 2.43. The molecule has 0 aliphatic carbocycles. The van der Waals surface area contributed by atoms with Crippen molar-refractivity contribution in [2.24, 2.45) is 5.84 Å². The van der Waals surface area contributed by atoms with Crippen molar-refractivity contribution in [2.45, 2.75) is 4.90 Å². The van der Waals surface area contributed by atoms with Crippen molar-refractivity contribution in [2.75, 3.05) is 38.8 Å². The Morgan fingerprint density at radius 3 is 2.42 bits per heavy atom. The molecule has 1 aromatic carbocycles. The molecule has 1 aromatic rings. The highest BCUT2D eigenvalue weighted by molar-refractivity contribution is 7.89. The van der Waals surface area contributed by atoms with Crippen LogP contribution in [-0.2, 0) is 14.8 Å². The third kappa shape index (κ3) is 4.15. The van der Waals surface area contributed by atoms with Crippen molar-refractivity contribution >= 4 is 15.7 Å². The Balaban J connectivity index is 2.96. The van der Waals surface area contributed by atoms with E-state index in [1.165, 1.54) is 23.5 Å². The van der Waals surface area contributed by atoms with E-state index in [-0.39, 0.29) is 31.2 Å². The van der Waals surface area contributed by atoms with Crippen molar-refractivity contribution in [3.8, 4) is 0 Å². The first-order chi connectivity index (χ1) is 9.06. The monoisotopic (exact) mass is 289 g/mol. The number of hydrogen-bond acceptors (Lipinski definition) is 6. The lowest BCUT2D eigenvalue weighted by molar-refractivity contribution is 0.168. The highest BCUT2D eigenvalue weighted by Crippen LogP contribution is 2.17. The molecule has 1 rings (SSSR count). The number of anilines is 1. The lowest BCUT2D eigenvalue weighted by Gasteiger charge is -2.21. The molecule has 0 heterocycles. The summed E-state index contributed by atoms with van der Waals surface area (Å²) in [6, 6.07) is 6.06. The summed E-state index contributed by atoms with van der Waals surface area (Å²) in [6.45, 7) is 0.242. The number of hydrogen-bond donors (Lipinski definition) is 3. The van der Waals surface area contributed by atoms with Crippen LogP contribution in [0.2, 0.25) is 0 Å². The number of aliphatic hydroxyl groups is 1. The minimum Gasteiger partial charge on any atom is -0.395 e. The number of ether oxygens (including phenoxy) is 1. The van der Waals surface area contributed by atoms with Crippen LogP contribution in [0.25, 0.3) is 0 Å². The largest absolute Gasteiger partial charge is 0.395 e. The summed E-state index contributed by atoms with van der Waals surface area (Å²) < 4.78 is 30.7. The summed E-state index contributed by atoms with van der Waals surface area (Å²) >= 11 is 0. The van der Waals surface area contributed by atoms with Crippen LogP contribution in [0.15, 0.2) is 29.2 Å². The van der Waals surface area contributed by atoms with Crippen molar-refractivity contribution in [3.05, 3.63) is 24.3 Å². The van der Waals surface area contributed by atoms with Crippen LogP contribution >= 0.6 is 0 Å². The molecule has 0 aliphatic heterocycles. The van der Waals surface area contributed by atoms with Crippen molar-refractivity contribution in [1.29, 1.82) is 0 Å². The van der Waals surface area contributed by atoms with Gasteiger partial charge in [0, 0.05) is 25.9 Å². The quantitative estimate of drug-likeness (QED) is 0.444. The van der Waals surface area contributed by atoms with Crippen LogP contribution in [0, 0.1) is 0 Å². The molecule has 0 fully saturated rings. The molecule has 0 saturated heterocycles. The van der Waals surface area contributed by atoms with E-state index in [1.54, 1.807) is 12.1 Å². The van der Waals surface area contributed by atoms with Gasteiger partial charge in [-0.1, -0.05) is 0 Å². The molecule has 0 spiro atoms. The molecule has 7 nitrogen and oxygen atoms in total. The van der Waals surface area contributed by atoms with Crippen molar-refractivity contribution in [3.63, 3.8) is 0 Å². The number of hydrazine groups is 1. The number of nitrogens with zero attached hydrogens (tertiary/aromatic N) is 1. The molecule has 0 unspecified atom stereocenters. The molecule has 0 amide bonds. The normalized spacial score (nSPS) is 11.8. The van der Waals surface area contributed by atoms with E-state index >= 15 is 0 Å². The fourth-order valence-corrected chi connectivity index (χ4v) is 2.94. The van der Waals surface area contributed by atoms with E-state index in [4.69, 9.17) is 15.7 Å². The molecule has 0 saturated carbocycles. The number of benzene rings is 1. The van der Waals surface area contributed by atoms with Crippen LogP contribution in [-0.4, -0.2) is 51.2 Å². The third-order valence-electron chi connectivity index (χ3n) is 2.55. The smallest absolute Gasteiger partial charge is 0.243 e. The summed E-state index contributed by atoms with van der Waals surface area (Å²) in [5.74, 6) is 5.22. The van der Waals surface area contributed by atoms with Crippen LogP contribution < -0.4 is 11.3 Å². The Kier molecular flexibility index (Phi) is 6.19. The minimum absolute atomic E-state index is 0.0303. The number of nitrogens with two attached hydrogens (primary N) is 1. The summed E-state index contributed by atoms with van der Waals surface area (Å²) in [5, 5.41) is 8.95. The molecule has 8 heteroatoms. The van der Waals surface area contributed by atoms with Gasteiger partial charge in [0.2, 0.25) is 10.0 Å². The first kappa shape index (κ1) is 15.9. The van der Waals surface area contributed by atoms with E-state index in [1.807, 2.05) is 0 Å². The minimum atomic E-state index is -3.64. The first-order valence-corrected chi connectivity index (χ1v) is 7.17. The summed E-state index contributed by atoms with van der Waals surface area (Å²) in [4.78, 5) is 0.149. The standard InChI is InChI=1S/C11H19N3O4S/c1-18-9-7-14(6-8-15)19(16,17)11-4-2-10(13-12)3-5-11/h2-5,13,15H,6-9,12H2,1H3. The SMILES string of the molecule is COCCN(CCO)S(=O)(=O)c1ccc(NN)cc1. The number of nitrogen functional groups attached to an aromatic ring is 1. The molecule has 0 aromatic heterocycles. The van der Waals surface area contributed by atoms with Crippen molar-refractivity contribution < 1.29 is 18.3 Å². The molecule has 0 radical (unpaired) electrons. The van der Waals surface area contributed by atoms with E-state index in [0.717, 1.165) is 0 Å². The second kappa shape index (κ2) is 7.41. The Morgan fingerprint density at radius 1 is 1.32 bits per heavy atom. The highest BCUT2D eigenvalue weighted by atomic mass is 32.2. The molecular formula is C11H19N3O4S. The molecule has 108 valence electrons. The Bertz CT molecular complexity index is 475. The van der Waals surface area contributed by atoms with E-state index in [2.05, 4.69) is 5.43 Å². The maximum Gasteiger partial charge on any atom is 0.243 e. The molecule has 0 aliphatic rings. The van der Waals surface area contributed by atoms with Gasteiger partial charge >= 0.3 is 0 Å². The lowest BCUT2D eigenvalue weighted by Crippen LogP contribution is -2.36. The third-order valence-corrected chi connectivity index (χ3v) is 4.47. The van der Waals surface area contributed by atoms with Crippen LogP contribution in [0.3, 0.4) is 0 Å². The molecular weight excluding hydrogens is 270 g/mol. The predicted molar refractivity (Wildman–Crippen MR) is 72.0 cm³/mol. The number of methoxy groups -OCH3 is 1. The topological polar surface area (TPSA) is 105 Å². The van der Waals surface area contributed by atoms with Gasteiger partial charge in [0.25, 0.3) is 0 Å². The highest BCUT2D eigenvalue weighted by Gasteiger charge is 2.23. The fourth-order valence-electron chi connectivity index (χ4n) is 1.53. The van der Waals surface area contributed by atoms with Gasteiger partial charge in [0.1, 0.15) is 0 Å². The van der Waals surface area contributed by atoms with E-state index in [0.29, 0.717) is 5.69 Å². The van der Waals surface area contributed by atoms with Gasteiger partial charge < -0.3 is 15.3 Å². The van der Waals surface area contributed by atoms with Gasteiger partial charge in [0.05, 0.1) is 18.1 Å². The predicted octanol–water partition coefficient (Wildman–Crippen LogP) is -0.398. The van der Waals surface area contributed by atoms with Gasteiger partial charge in [-0.2, -0.15) is 4.31 Å². The lowest BCUT2D eigenvalue weighted by atomic mass is 10.3. The first-order valence-electron chi connectivity index (χ1n) is 5.73. The van der Waals surface area contributed by atoms with Gasteiger partial charge in [-0.3, -0.25) is 5.84 Å². The maximum atomic E-state index is 12.3. The number of nitrogens with one attached hydrogen (secondary N) is 1. The van der Waals surface area contributed by atoms with Crippen LogP contribution in [0.4, 0.5) is 5.69 Å². The number of aliphatic hydroxyl groups excluding tert-OH is 1. The number of rotatable bonds is 8. The fraction of sp³-hybridized carbons (Fsp3) is 0.455. The maximum absolute atomic E-state index is 12.3. The molecule has 0 atom stereocenters. The molecule has 0 bridgehead atoms. The van der Waals surface area contributed by atoms with Gasteiger partial charge in [-0.15, -0.1) is 0 Å².